The number of sulfonamides is 1. The van der Waals surface area contributed by atoms with E-state index in [1.165, 1.54) is 12.1 Å². The molecule has 0 bridgehead atoms. The van der Waals surface area contributed by atoms with E-state index in [0.29, 0.717) is 53.3 Å². The molecule has 3 aliphatic rings. The number of Topliss-reactive ketones (excluding diaryl/α,β-unsaturated/α-hetero) is 1. The third kappa shape index (κ3) is 3.42. The van der Waals surface area contributed by atoms with Gasteiger partial charge in [-0.15, -0.1) is 0 Å². The van der Waals surface area contributed by atoms with Crippen LogP contribution in [0.15, 0.2) is 70.0 Å². The second-order valence-electron chi connectivity index (χ2n) is 7.97. The van der Waals surface area contributed by atoms with E-state index in [-0.39, 0.29) is 28.9 Å². The smallest absolute Gasteiger partial charge is 0.238 e. The van der Waals surface area contributed by atoms with Crippen molar-refractivity contribution in [3.05, 3.63) is 70.7 Å². The molecule has 5 rings (SSSR count). The van der Waals surface area contributed by atoms with Crippen molar-refractivity contribution >= 4 is 21.5 Å². The molecule has 2 aromatic rings. The standard InChI is InChI=1S/C23H20N4O5S/c24-11-16-21(13-4-9-19-20(10-13)32-12-31-19)22-17(2-1-3-18(22)28)27(23(16)25)14-5-7-15(8-6-14)33(26,29)30/h4-10,21H,1-3,12,25H2,(H2,26,29,30)/t21-/m0/s1. The number of allylic oxidation sites excluding steroid dienone is 3. The summed E-state index contributed by atoms with van der Waals surface area (Å²) in [6.45, 7) is 0.113. The van der Waals surface area contributed by atoms with E-state index >= 15 is 0 Å². The van der Waals surface area contributed by atoms with Gasteiger partial charge in [0.25, 0.3) is 0 Å². The molecule has 33 heavy (non-hydrogen) atoms. The van der Waals surface area contributed by atoms with Gasteiger partial charge in [0.05, 0.1) is 22.5 Å². The summed E-state index contributed by atoms with van der Waals surface area (Å²) >= 11 is 0. The molecule has 0 radical (unpaired) electrons. The maximum atomic E-state index is 13.2. The van der Waals surface area contributed by atoms with E-state index in [2.05, 4.69) is 6.07 Å². The monoisotopic (exact) mass is 464 g/mol. The largest absolute Gasteiger partial charge is 0.454 e. The van der Waals surface area contributed by atoms with Gasteiger partial charge in [0.2, 0.25) is 16.8 Å². The molecule has 0 aromatic heterocycles. The Kier molecular flexibility index (Phi) is 4.88. The molecule has 9 nitrogen and oxygen atoms in total. The summed E-state index contributed by atoms with van der Waals surface area (Å²) in [5.74, 6) is 0.662. The maximum Gasteiger partial charge on any atom is 0.238 e. The molecule has 0 amide bonds. The minimum absolute atomic E-state index is 0.0431. The summed E-state index contributed by atoms with van der Waals surface area (Å²) < 4.78 is 34.2. The quantitative estimate of drug-likeness (QED) is 0.703. The summed E-state index contributed by atoms with van der Waals surface area (Å²) in [5.41, 5.74) is 9.23. The van der Waals surface area contributed by atoms with Gasteiger partial charge in [-0.25, -0.2) is 13.6 Å². The Balaban J connectivity index is 1.68. The minimum atomic E-state index is -3.86. The van der Waals surface area contributed by atoms with Gasteiger partial charge >= 0.3 is 0 Å². The van der Waals surface area contributed by atoms with E-state index in [0.717, 1.165) is 0 Å². The van der Waals surface area contributed by atoms with Gasteiger partial charge in [-0.3, -0.25) is 9.69 Å². The summed E-state index contributed by atoms with van der Waals surface area (Å²) in [5, 5.41) is 15.3. The lowest BCUT2D eigenvalue weighted by Crippen LogP contribution is -2.38. The molecule has 2 aliphatic heterocycles. The number of benzene rings is 2. The molecule has 10 heteroatoms. The van der Waals surface area contributed by atoms with Crippen LogP contribution >= 0.6 is 0 Å². The predicted octanol–water partition coefficient (Wildman–Crippen LogP) is 2.37. The topological polar surface area (TPSA) is 149 Å². The highest BCUT2D eigenvalue weighted by atomic mass is 32.2. The summed E-state index contributed by atoms with van der Waals surface area (Å²) in [6.07, 6.45) is 1.60. The summed E-state index contributed by atoms with van der Waals surface area (Å²) in [6, 6.07) is 13.4. The SMILES string of the molecule is N#CC1=C(N)N(c2ccc(S(N)(=O)=O)cc2)C2=C(C(=O)CCC2)[C@H]1c1ccc2c(c1)OCO2. The Labute approximate surface area is 190 Å². The van der Waals surface area contributed by atoms with E-state index in [9.17, 15) is 18.5 Å². The van der Waals surface area contributed by atoms with Gasteiger partial charge in [0.15, 0.2) is 17.3 Å². The molecule has 2 heterocycles. The van der Waals surface area contributed by atoms with Crippen molar-refractivity contribution in [2.75, 3.05) is 11.7 Å². The van der Waals surface area contributed by atoms with Gasteiger partial charge in [-0.2, -0.15) is 5.26 Å². The Bertz CT molecular complexity index is 1390. The third-order valence-electron chi connectivity index (χ3n) is 6.07. The Morgan fingerprint density at radius 1 is 1.06 bits per heavy atom. The highest BCUT2D eigenvalue weighted by Crippen LogP contribution is 2.47. The Hall–Kier alpha value is -3.81. The number of nitriles is 1. The molecule has 0 spiro atoms. The van der Waals surface area contributed by atoms with Crippen molar-refractivity contribution in [1.29, 1.82) is 5.26 Å². The van der Waals surface area contributed by atoms with E-state index in [4.69, 9.17) is 20.3 Å². The lowest BCUT2D eigenvalue weighted by Gasteiger charge is -2.39. The zero-order chi connectivity index (χ0) is 23.3. The van der Waals surface area contributed by atoms with Gasteiger partial charge in [-0.1, -0.05) is 6.07 Å². The fourth-order valence-electron chi connectivity index (χ4n) is 4.59. The number of nitrogens with zero attached hydrogens (tertiary/aromatic N) is 2. The molecule has 168 valence electrons. The third-order valence-corrected chi connectivity index (χ3v) is 7.00. The molecular formula is C23H20N4O5S. The van der Waals surface area contributed by atoms with Crippen molar-refractivity contribution in [3.8, 4) is 17.6 Å². The van der Waals surface area contributed by atoms with Crippen molar-refractivity contribution in [1.82, 2.24) is 0 Å². The molecule has 1 aliphatic carbocycles. The predicted molar refractivity (Wildman–Crippen MR) is 118 cm³/mol. The van der Waals surface area contributed by atoms with E-state index in [1.54, 1.807) is 29.2 Å². The van der Waals surface area contributed by atoms with Crippen molar-refractivity contribution < 1.29 is 22.7 Å². The second kappa shape index (κ2) is 7.65. The average molecular weight is 465 g/mol. The lowest BCUT2D eigenvalue weighted by atomic mass is 9.75. The van der Waals surface area contributed by atoms with Crippen LogP contribution in [0.1, 0.15) is 30.7 Å². The van der Waals surface area contributed by atoms with Crippen LogP contribution in [0.25, 0.3) is 0 Å². The molecule has 4 N–H and O–H groups in total. The molecular weight excluding hydrogens is 444 g/mol. The van der Waals surface area contributed by atoms with Crippen molar-refractivity contribution in [3.63, 3.8) is 0 Å². The number of nitrogens with two attached hydrogens (primary N) is 2. The number of hydrogen-bond donors (Lipinski definition) is 2. The molecule has 2 aromatic carbocycles. The Morgan fingerprint density at radius 3 is 2.48 bits per heavy atom. The van der Waals surface area contributed by atoms with Crippen LogP contribution in [0.4, 0.5) is 5.69 Å². The van der Waals surface area contributed by atoms with Gasteiger partial charge in [0.1, 0.15) is 5.82 Å². The fraction of sp³-hybridized carbons (Fsp3) is 0.217. The van der Waals surface area contributed by atoms with Crippen LogP contribution in [0, 0.1) is 11.3 Å². The van der Waals surface area contributed by atoms with Crippen molar-refractivity contribution in [2.45, 2.75) is 30.1 Å². The second-order valence-corrected chi connectivity index (χ2v) is 9.53. The summed E-state index contributed by atoms with van der Waals surface area (Å²) in [7, 11) is -3.86. The zero-order valence-corrected chi connectivity index (χ0v) is 18.3. The van der Waals surface area contributed by atoms with E-state index < -0.39 is 15.9 Å². The molecule has 1 atom stereocenters. The number of hydrogen-bond acceptors (Lipinski definition) is 8. The van der Waals surface area contributed by atoms with Crippen LogP contribution in [-0.4, -0.2) is 21.0 Å². The van der Waals surface area contributed by atoms with Gasteiger partial charge < -0.3 is 15.2 Å². The van der Waals surface area contributed by atoms with Crippen LogP contribution in [0.2, 0.25) is 0 Å². The first kappa shape index (κ1) is 21.1. The molecule has 0 saturated heterocycles. The van der Waals surface area contributed by atoms with Crippen LogP contribution in [0.5, 0.6) is 11.5 Å². The number of fused-ring (bicyclic) bond motifs is 1. The number of carbonyl (C=O) groups excluding carboxylic acids is 1. The number of ketones is 1. The van der Waals surface area contributed by atoms with Crippen LogP contribution < -0.4 is 25.2 Å². The number of ether oxygens (including phenoxy) is 2. The molecule has 0 saturated carbocycles. The number of rotatable bonds is 3. The van der Waals surface area contributed by atoms with Gasteiger partial charge in [0, 0.05) is 23.4 Å². The summed E-state index contributed by atoms with van der Waals surface area (Å²) in [4.78, 5) is 14.8. The average Bonchev–Trinajstić information content (AvgIpc) is 3.26. The maximum absolute atomic E-state index is 13.2. The highest BCUT2D eigenvalue weighted by Gasteiger charge is 2.40. The highest BCUT2D eigenvalue weighted by molar-refractivity contribution is 7.89. The lowest BCUT2D eigenvalue weighted by molar-refractivity contribution is -0.116. The Morgan fingerprint density at radius 2 is 1.79 bits per heavy atom. The number of anilines is 1. The number of carbonyl (C=O) groups is 1. The fourth-order valence-corrected chi connectivity index (χ4v) is 5.11. The van der Waals surface area contributed by atoms with Crippen LogP contribution in [-0.2, 0) is 14.8 Å². The molecule has 0 unspecified atom stereocenters. The van der Waals surface area contributed by atoms with E-state index in [1.807, 2.05) is 6.07 Å². The number of primary sulfonamides is 1. The van der Waals surface area contributed by atoms with Crippen molar-refractivity contribution in [2.24, 2.45) is 10.9 Å². The first-order valence-electron chi connectivity index (χ1n) is 10.3. The first-order chi connectivity index (χ1) is 15.8. The first-order valence-corrected chi connectivity index (χ1v) is 11.8. The minimum Gasteiger partial charge on any atom is -0.454 e. The normalized spacial score (nSPS) is 20.1. The zero-order valence-electron chi connectivity index (χ0n) is 17.4. The van der Waals surface area contributed by atoms with Gasteiger partial charge in [-0.05, 0) is 54.8 Å². The molecule has 0 fully saturated rings. The van der Waals surface area contributed by atoms with Crippen LogP contribution in [0.3, 0.4) is 0 Å².